The third-order valence-corrected chi connectivity index (χ3v) is 8.20. The number of carboxylic acid groups (broad SMARTS) is 1. The highest BCUT2D eigenvalue weighted by molar-refractivity contribution is 7.88. The van der Waals surface area contributed by atoms with Gasteiger partial charge in [-0.25, -0.2) is 17.9 Å². The summed E-state index contributed by atoms with van der Waals surface area (Å²) in [6, 6.07) is 7.40. The number of carbonyl (C=O) groups is 3. The number of furan rings is 1. The Morgan fingerprint density at radius 3 is 2.66 bits per heavy atom. The van der Waals surface area contributed by atoms with Crippen molar-refractivity contribution in [2.75, 3.05) is 19.3 Å². The zero-order valence-corrected chi connectivity index (χ0v) is 24.7. The van der Waals surface area contributed by atoms with Crippen molar-refractivity contribution in [2.24, 2.45) is 0 Å². The molecular weight excluding hydrogens is 593 g/mol. The molecule has 2 heterocycles. The van der Waals surface area contributed by atoms with Crippen LogP contribution in [0.2, 0.25) is 10.0 Å². The number of rotatable bonds is 10. The van der Waals surface area contributed by atoms with Gasteiger partial charge >= 0.3 is 5.97 Å². The lowest BCUT2D eigenvalue weighted by Gasteiger charge is -2.30. The van der Waals surface area contributed by atoms with Gasteiger partial charge in [0, 0.05) is 30.6 Å². The van der Waals surface area contributed by atoms with E-state index in [0.29, 0.717) is 47.2 Å². The van der Waals surface area contributed by atoms with Crippen LogP contribution in [-0.4, -0.2) is 61.6 Å². The van der Waals surface area contributed by atoms with Gasteiger partial charge in [0.25, 0.3) is 11.8 Å². The van der Waals surface area contributed by atoms with E-state index in [4.69, 9.17) is 27.6 Å². The lowest BCUT2D eigenvalue weighted by atomic mass is 9.95. The molecule has 1 aliphatic rings. The van der Waals surface area contributed by atoms with E-state index >= 15 is 0 Å². The van der Waals surface area contributed by atoms with Gasteiger partial charge in [0.1, 0.15) is 11.6 Å². The first kappa shape index (κ1) is 30.6. The van der Waals surface area contributed by atoms with E-state index in [-0.39, 0.29) is 41.0 Å². The topological polar surface area (TPSA) is 146 Å². The third-order valence-electron chi connectivity index (χ3n) is 6.75. The Morgan fingerprint density at radius 2 is 1.95 bits per heavy atom. The van der Waals surface area contributed by atoms with Crippen molar-refractivity contribution in [1.29, 1.82) is 0 Å². The van der Waals surface area contributed by atoms with E-state index < -0.39 is 27.9 Å². The first-order valence-corrected chi connectivity index (χ1v) is 15.4. The minimum absolute atomic E-state index is 0.000987. The van der Waals surface area contributed by atoms with Crippen LogP contribution in [0.4, 0.5) is 0 Å². The molecule has 0 aliphatic carbocycles. The van der Waals surface area contributed by atoms with E-state index in [1.165, 1.54) is 0 Å². The Morgan fingerprint density at radius 1 is 1.20 bits per heavy atom. The average molecular weight is 623 g/mol. The fourth-order valence-electron chi connectivity index (χ4n) is 4.70. The van der Waals surface area contributed by atoms with E-state index in [0.717, 1.165) is 11.6 Å². The molecule has 1 atom stereocenters. The fraction of sp³-hybridized carbons (Fsp3) is 0.321. The SMILES string of the molecule is C/C(=C\CCNS(C)(=O)=O)C[C@H](NC(=O)c1c(Cl)cc2c(c1Cl)CCN(C(=O)c1ccc3ccoc3c1)C2)C(=O)O. The van der Waals surface area contributed by atoms with Gasteiger partial charge in [-0.1, -0.05) is 40.9 Å². The zero-order valence-electron chi connectivity index (χ0n) is 22.4. The number of nitrogens with one attached hydrogen (secondary N) is 2. The Kier molecular flexibility index (Phi) is 9.43. The molecule has 1 aromatic heterocycles. The van der Waals surface area contributed by atoms with Crippen molar-refractivity contribution in [1.82, 2.24) is 14.9 Å². The molecule has 4 rings (SSSR count). The van der Waals surface area contributed by atoms with Gasteiger partial charge in [-0.2, -0.15) is 0 Å². The summed E-state index contributed by atoms with van der Waals surface area (Å²) in [6.07, 6.45) is 5.06. The number of fused-ring (bicyclic) bond motifs is 2. The summed E-state index contributed by atoms with van der Waals surface area (Å²) in [4.78, 5) is 39.9. The van der Waals surface area contributed by atoms with Gasteiger partial charge in [0.2, 0.25) is 10.0 Å². The molecule has 13 heteroatoms. The maximum absolute atomic E-state index is 13.2. The minimum atomic E-state index is -3.32. The number of halogens is 2. The number of benzene rings is 2. The molecule has 0 spiro atoms. The Balaban J connectivity index is 1.46. The molecule has 218 valence electrons. The highest BCUT2D eigenvalue weighted by atomic mass is 35.5. The third kappa shape index (κ3) is 7.48. The molecule has 0 fully saturated rings. The first-order valence-electron chi connectivity index (χ1n) is 12.7. The molecule has 41 heavy (non-hydrogen) atoms. The number of hydrogen-bond acceptors (Lipinski definition) is 6. The van der Waals surface area contributed by atoms with Gasteiger partial charge in [0.15, 0.2) is 0 Å². The Bertz CT molecular complexity index is 1650. The summed E-state index contributed by atoms with van der Waals surface area (Å²) >= 11 is 13.1. The number of amides is 2. The number of sulfonamides is 1. The van der Waals surface area contributed by atoms with Crippen LogP contribution in [0.25, 0.3) is 11.0 Å². The van der Waals surface area contributed by atoms with Crippen molar-refractivity contribution in [3.63, 3.8) is 0 Å². The Labute approximate surface area is 247 Å². The molecule has 0 saturated heterocycles. The van der Waals surface area contributed by atoms with E-state index in [2.05, 4.69) is 10.0 Å². The maximum atomic E-state index is 13.2. The minimum Gasteiger partial charge on any atom is -0.480 e. The molecule has 2 amide bonds. The fourth-order valence-corrected chi connectivity index (χ4v) is 5.95. The highest BCUT2D eigenvalue weighted by Crippen LogP contribution is 2.35. The lowest BCUT2D eigenvalue weighted by Crippen LogP contribution is -2.41. The van der Waals surface area contributed by atoms with Gasteiger partial charge < -0.3 is 19.7 Å². The molecule has 3 N–H and O–H groups in total. The summed E-state index contributed by atoms with van der Waals surface area (Å²) in [5.74, 6) is -2.15. The van der Waals surface area contributed by atoms with Gasteiger partial charge in [-0.15, -0.1) is 0 Å². The van der Waals surface area contributed by atoms with Gasteiger partial charge in [0.05, 0.1) is 28.1 Å². The summed E-state index contributed by atoms with van der Waals surface area (Å²) in [7, 11) is -3.32. The Hall–Kier alpha value is -3.38. The predicted molar refractivity (Wildman–Crippen MR) is 156 cm³/mol. The molecule has 10 nitrogen and oxygen atoms in total. The highest BCUT2D eigenvalue weighted by Gasteiger charge is 2.29. The van der Waals surface area contributed by atoms with E-state index in [9.17, 15) is 27.9 Å². The number of carbonyl (C=O) groups excluding carboxylic acids is 2. The molecule has 0 saturated carbocycles. The predicted octanol–water partition coefficient (Wildman–Crippen LogP) is 4.40. The number of hydrogen-bond donors (Lipinski definition) is 3. The number of carboxylic acids is 1. The number of aliphatic carboxylic acids is 1. The van der Waals surface area contributed by atoms with Gasteiger partial charge in [-0.05, 0) is 61.6 Å². The lowest BCUT2D eigenvalue weighted by molar-refractivity contribution is -0.139. The van der Waals surface area contributed by atoms with Crippen molar-refractivity contribution >= 4 is 62.0 Å². The van der Waals surface area contributed by atoms with Crippen LogP contribution in [0.1, 0.15) is 51.6 Å². The molecular formula is C28H29Cl2N3O7S. The normalized spacial score (nSPS) is 14.5. The van der Waals surface area contributed by atoms with Crippen molar-refractivity contribution in [3.05, 3.63) is 80.5 Å². The second-order valence-electron chi connectivity index (χ2n) is 9.91. The van der Waals surface area contributed by atoms with Crippen molar-refractivity contribution < 1.29 is 32.3 Å². The molecule has 0 radical (unpaired) electrons. The van der Waals surface area contributed by atoms with Crippen LogP contribution in [0.15, 0.2) is 52.7 Å². The second-order valence-corrected chi connectivity index (χ2v) is 12.5. The van der Waals surface area contributed by atoms with Crippen LogP contribution in [-0.2, 0) is 27.8 Å². The van der Waals surface area contributed by atoms with Crippen LogP contribution in [0.3, 0.4) is 0 Å². The van der Waals surface area contributed by atoms with Crippen LogP contribution in [0, 0.1) is 0 Å². The zero-order chi connectivity index (χ0) is 29.9. The maximum Gasteiger partial charge on any atom is 0.326 e. The molecule has 1 aliphatic heterocycles. The second kappa shape index (κ2) is 12.6. The summed E-state index contributed by atoms with van der Waals surface area (Å²) < 4.78 is 30.1. The monoisotopic (exact) mass is 621 g/mol. The van der Waals surface area contributed by atoms with Gasteiger partial charge in [-0.3, -0.25) is 9.59 Å². The summed E-state index contributed by atoms with van der Waals surface area (Å²) in [5.41, 5.74) is 3.11. The quantitative estimate of drug-likeness (QED) is 0.225. The summed E-state index contributed by atoms with van der Waals surface area (Å²) in [5, 5.41) is 13.3. The van der Waals surface area contributed by atoms with Crippen LogP contribution < -0.4 is 10.0 Å². The standard InChI is InChI=1S/C28H29Cl2N3O7S/c1-16(4-3-9-31-41(2,38)39)12-22(28(36)37)32-26(34)24-21(29)13-19-15-33(10-7-20(19)25(24)30)27(35)18-6-5-17-8-11-40-23(17)14-18/h4-6,8,11,13-14,22,31H,3,7,9-10,12,15H2,1-2H3,(H,32,34)(H,36,37)/b16-4+/t22-/m0/s1. The molecule has 2 aromatic carbocycles. The van der Waals surface area contributed by atoms with Crippen LogP contribution in [0.5, 0.6) is 0 Å². The molecule has 0 bridgehead atoms. The largest absolute Gasteiger partial charge is 0.480 e. The van der Waals surface area contributed by atoms with Crippen LogP contribution >= 0.6 is 23.2 Å². The first-order chi connectivity index (χ1) is 19.3. The summed E-state index contributed by atoms with van der Waals surface area (Å²) in [6.45, 7) is 2.46. The van der Waals surface area contributed by atoms with Crippen molar-refractivity contribution in [2.45, 2.75) is 38.8 Å². The van der Waals surface area contributed by atoms with Crippen molar-refractivity contribution in [3.8, 4) is 0 Å². The average Bonchev–Trinajstić information content (AvgIpc) is 3.37. The smallest absolute Gasteiger partial charge is 0.326 e. The van der Waals surface area contributed by atoms with E-state index in [1.54, 1.807) is 42.4 Å². The molecule has 3 aromatic rings. The number of nitrogens with zero attached hydrogens (tertiary/aromatic N) is 1. The molecule has 0 unspecified atom stereocenters. The van der Waals surface area contributed by atoms with E-state index in [1.807, 2.05) is 12.1 Å².